The second kappa shape index (κ2) is 11.9. The average Bonchev–Trinajstić information content (AvgIpc) is 3.29. The predicted octanol–water partition coefficient (Wildman–Crippen LogP) is 2.02. The monoisotopic (exact) mass is 459 g/mol. The van der Waals surface area contributed by atoms with Gasteiger partial charge in [-0.25, -0.2) is 14.8 Å². The van der Waals surface area contributed by atoms with E-state index in [0.717, 1.165) is 19.5 Å². The maximum Gasteiger partial charge on any atom is 0.375 e. The molecule has 0 saturated carbocycles. The Kier molecular flexibility index (Phi) is 8.72. The third kappa shape index (κ3) is 6.49. The lowest BCUT2D eigenvalue weighted by molar-refractivity contribution is 0.0512. The van der Waals surface area contributed by atoms with E-state index in [4.69, 9.17) is 18.9 Å². The van der Waals surface area contributed by atoms with Crippen molar-refractivity contribution in [1.82, 2.24) is 30.0 Å². The fraction of sp³-hybridized carbons (Fsp3) is 0.476. The Bertz CT molecular complexity index is 1060. The van der Waals surface area contributed by atoms with Crippen molar-refractivity contribution in [2.45, 2.75) is 13.3 Å². The van der Waals surface area contributed by atoms with Crippen LogP contribution in [0.1, 0.15) is 24.0 Å². The maximum atomic E-state index is 11.8. The molecule has 0 atom stereocenters. The Labute approximate surface area is 191 Å². The van der Waals surface area contributed by atoms with Crippen molar-refractivity contribution in [3.63, 3.8) is 0 Å². The number of anilines is 2. The van der Waals surface area contributed by atoms with Crippen LogP contribution in [0.5, 0.6) is 11.5 Å². The lowest BCUT2D eigenvalue weighted by atomic mass is 10.2. The highest BCUT2D eigenvalue weighted by molar-refractivity contribution is 5.92. The zero-order chi connectivity index (χ0) is 23.6. The van der Waals surface area contributed by atoms with Gasteiger partial charge in [-0.05, 0) is 26.5 Å². The maximum absolute atomic E-state index is 11.8. The number of carbonyl (C=O) groups is 1. The molecule has 0 saturated heterocycles. The smallest absolute Gasteiger partial charge is 0.375 e. The van der Waals surface area contributed by atoms with Crippen LogP contribution in [0.25, 0.3) is 10.9 Å². The molecule has 2 aromatic heterocycles. The van der Waals surface area contributed by atoms with Crippen LogP contribution >= 0.6 is 0 Å². The molecule has 33 heavy (non-hydrogen) atoms. The molecule has 0 unspecified atom stereocenters. The number of hydrogen-bond donors (Lipinski definition) is 2. The first-order valence-electron chi connectivity index (χ1n) is 10.5. The summed E-state index contributed by atoms with van der Waals surface area (Å²) in [5.74, 6) is 1.19. The number of H-pyrrole nitrogens is 1. The first kappa shape index (κ1) is 24.1. The van der Waals surface area contributed by atoms with Gasteiger partial charge in [-0.3, -0.25) is 5.10 Å². The summed E-state index contributed by atoms with van der Waals surface area (Å²) < 4.78 is 21.5. The second-order valence-electron chi connectivity index (χ2n) is 7.09. The molecule has 3 rings (SSSR count). The highest BCUT2D eigenvalue weighted by atomic mass is 16.5. The molecule has 0 spiro atoms. The van der Waals surface area contributed by atoms with Gasteiger partial charge >= 0.3 is 5.97 Å². The van der Waals surface area contributed by atoms with E-state index in [0.29, 0.717) is 41.4 Å². The summed E-state index contributed by atoms with van der Waals surface area (Å²) >= 11 is 0. The molecule has 0 radical (unpaired) electrons. The van der Waals surface area contributed by atoms with E-state index >= 15 is 0 Å². The van der Waals surface area contributed by atoms with Crippen LogP contribution < -0.4 is 14.8 Å². The van der Waals surface area contributed by atoms with Gasteiger partial charge in [0.25, 0.3) is 0 Å². The third-order valence-corrected chi connectivity index (χ3v) is 4.72. The van der Waals surface area contributed by atoms with Crippen LogP contribution in [-0.4, -0.2) is 90.2 Å². The van der Waals surface area contributed by atoms with Gasteiger partial charge in [0.15, 0.2) is 11.5 Å². The van der Waals surface area contributed by atoms with Crippen LogP contribution in [0, 0.1) is 0 Å². The molecular formula is C21H29N7O5. The minimum atomic E-state index is -0.584. The fourth-order valence-electron chi connectivity index (χ4n) is 3.03. The minimum absolute atomic E-state index is 0.00107. The minimum Gasteiger partial charge on any atom is -0.493 e. The molecule has 12 nitrogen and oxygen atoms in total. The van der Waals surface area contributed by atoms with Crippen molar-refractivity contribution < 1.29 is 23.7 Å². The first-order chi connectivity index (χ1) is 16.0. The number of fused-ring (bicyclic) bond motifs is 1. The summed E-state index contributed by atoms with van der Waals surface area (Å²) in [6.45, 7) is 4.95. The van der Waals surface area contributed by atoms with Gasteiger partial charge in [-0.15, -0.1) is 5.10 Å². The quantitative estimate of drug-likeness (QED) is 0.287. The molecule has 0 aliphatic carbocycles. The summed E-state index contributed by atoms with van der Waals surface area (Å²) in [5.41, 5.74) is 0.654. The van der Waals surface area contributed by atoms with Crippen LogP contribution in [0.2, 0.25) is 0 Å². The molecule has 12 heteroatoms. The normalized spacial score (nSPS) is 11.1. The Hall–Kier alpha value is -3.51. The van der Waals surface area contributed by atoms with Gasteiger partial charge in [0.1, 0.15) is 12.1 Å². The number of aromatic nitrogens is 5. The topological polar surface area (TPSA) is 137 Å². The number of likely N-dealkylation sites (N-methyl/N-ethyl adjacent to an activating group) is 1. The Balaban J connectivity index is 1.71. The number of nitrogens with zero attached hydrogens (tertiary/aromatic N) is 5. The summed E-state index contributed by atoms with van der Waals surface area (Å²) in [6, 6.07) is 3.59. The van der Waals surface area contributed by atoms with Crippen LogP contribution in [-0.2, 0) is 9.47 Å². The van der Waals surface area contributed by atoms with Crippen molar-refractivity contribution in [1.29, 1.82) is 0 Å². The number of rotatable bonds is 13. The zero-order valence-corrected chi connectivity index (χ0v) is 19.3. The van der Waals surface area contributed by atoms with Crippen molar-refractivity contribution >= 4 is 28.6 Å². The number of hydrogen-bond acceptors (Lipinski definition) is 11. The Morgan fingerprint density at radius 3 is 2.76 bits per heavy atom. The Morgan fingerprint density at radius 1 is 1.15 bits per heavy atom. The Morgan fingerprint density at radius 2 is 2.00 bits per heavy atom. The van der Waals surface area contributed by atoms with E-state index in [1.165, 1.54) is 6.33 Å². The fourth-order valence-corrected chi connectivity index (χ4v) is 3.03. The molecule has 0 fully saturated rings. The number of esters is 1. The molecule has 0 amide bonds. The highest BCUT2D eigenvalue weighted by Crippen LogP contribution is 2.34. The van der Waals surface area contributed by atoms with E-state index in [-0.39, 0.29) is 18.4 Å². The lowest BCUT2D eigenvalue weighted by Crippen LogP contribution is -2.25. The summed E-state index contributed by atoms with van der Waals surface area (Å²) in [5, 5.41) is 10.2. The number of benzene rings is 1. The van der Waals surface area contributed by atoms with Gasteiger partial charge in [-0.2, -0.15) is 4.98 Å². The molecule has 2 heterocycles. The summed E-state index contributed by atoms with van der Waals surface area (Å²) in [4.78, 5) is 26.7. The largest absolute Gasteiger partial charge is 0.493 e. The van der Waals surface area contributed by atoms with Gasteiger partial charge < -0.3 is 29.2 Å². The number of ether oxygens (including phenoxy) is 4. The van der Waals surface area contributed by atoms with Gasteiger partial charge in [0.05, 0.1) is 32.4 Å². The van der Waals surface area contributed by atoms with E-state index < -0.39 is 5.97 Å². The van der Waals surface area contributed by atoms with Crippen molar-refractivity contribution in [2.24, 2.45) is 0 Å². The first-order valence-corrected chi connectivity index (χ1v) is 10.5. The molecule has 1 aromatic carbocycles. The number of aromatic amines is 1. The molecule has 0 bridgehead atoms. The van der Waals surface area contributed by atoms with Gasteiger partial charge in [0.2, 0.25) is 11.8 Å². The predicted molar refractivity (Wildman–Crippen MR) is 121 cm³/mol. The van der Waals surface area contributed by atoms with Gasteiger partial charge in [-0.1, -0.05) is 0 Å². The SMILES string of the molecule is CCOC(=O)c1nc(Nc2ncnc3cc(OCCCN(C)CCOC)c(OC)cc23)n[nH]1. The average molecular weight is 460 g/mol. The lowest BCUT2D eigenvalue weighted by Gasteiger charge is -2.17. The van der Waals surface area contributed by atoms with Crippen LogP contribution in [0.4, 0.5) is 11.8 Å². The molecule has 3 aromatic rings. The van der Waals surface area contributed by atoms with E-state index in [2.05, 4.69) is 35.4 Å². The standard InChI is InChI=1S/C21H29N7O5/c1-5-32-20(29)19-25-21(27-26-19)24-18-14-11-16(31-4)17(12-15(14)22-13-23-18)33-9-6-7-28(2)8-10-30-3/h11-13H,5-10H2,1-4H3,(H2,22,23,24,25,26,27). The van der Waals surface area contributed by atoms with Crippen molar-refractivity contribution in [3.05, 3.63) is 24.3 Å². The van der Waals surface area contributed by atoms with Gasteiger partial charge in [0, 0.05) is 31.7 Å². The molecular weight excluding hydrogens is 430 g/mol. The summed E-state index contributed by atoms with van der Waals surface area (Å²) in [7, 11) is 5.31. The number of carbonyl (C=O) groups excluding carboxylic acids is 1. The number of nitrogens with one attached hydrogen (secondary N) is 2. The van der Waals surface area contributed by atoms with Crippen LogP contribution in [0.15, 0.2) is 18.5 Å². The van der Waals surface area contributed by atoms with Crippen molar-refractivity contribution in [2.75, 3.05) is 59.5 Å². The molecule has 0 aliphatic rings. The molecule has 2 N–H and O–H groups in total. The van der Waals surface area contributed by atoms with Crippen LogP contribution in [0.3, 0.4) is 0 Å². The van der Waals surface area contributed by atoms with E-state index in [9.17, 15) is 4.79 Å². The number of methoxy groups -OCH3 is 2. The van der Waals surface area contributed by atoms with E-state index in [1.807, 2.05) is 7.05 Å². The highest BCUT2D eigenvalue weighted by Gasteiger charge is 2.16. The second-order valence-corrected chi connectivity index (χ2v) is 7.09. The summed E-state index contributed by atoms with van der Waals surface area (Å²) in [6.07, 6.45) is 2.27. The molecule has 0 aliphatic heterocycles. The zero-order valence-electron chi connectivity index (χ0n) is 19.3. The molecule has 178 valence electrons. The van der Waals surface area contributed by atoms with Crippen molar-refractivity contribution in [3.8, 4) is 11.5 Å². The van der Waals surface area contributed by atoms with E-state index in [1.54, 1.807) is 33.3 Å². The third-order valence-electron chi connectivity index (χ3n) is 4.72.